The van der Waals surface area contributed by atoms with Crippen molar-refractivity contribution in [3.63, 3.8) is 0 Å². The first kappa shape index (κ1) is 28.3. The Morgan fingerprint density at radius 2 is 0.760 bits per heavy atom. The smallest absolute Gasteiger partial charge is 0.234 e. The molecule has 4 heteroatoms. The van der Waals surface area contributed by atoms with Gasteiger partial charge in [0.15, 0.2) is 0 Å². The summed E-state index contributed by atoms with van der Waals surface area (Å²) in [5, 5.41) is 4.83. The summed E-state index contributed by atoms with van der Waals surface area (Å²) in [6, 6.07) is 60.3. The Morgan fingerprint density at radius 3 is 1.38 bits per heavy atom. The number of rotatable bonds is 5. The van der Waals surface area contributed by atoms with Crippen LogP contribution in [0.2, 0.25) is 0 Å². The predicted molar refractivity (Wildman–Crippen MR) is 207 cm³/mol. The van der Waals surface area contributed by atoms with Crippen molar-refractivity contribution in [1.82, 2.24) is 19.1 Å². The van der Waals surface area contributed by atoms with Crippen LogP contribution in [-0.2, 0) is 0 Å². The summed E-state index contributed by atoms with van der Waals surface area (Å²) in [7, 11) is 0. The van der Waals surface area contributed by atoms with Crippen LogP contribution < -0.4 is 0 Å². The maximum absolute atomic E-state index is 5.00. The van der Waals surface area contributed by atoms with Gasteiger partial charge in [0.1, 0.15) is 0 Å². The lowest BCUT2D eigenvalue weighted by Gasteiger charge is -2.10. The highest BCUT2D eigenvalue weighted by molar-refractivity contribution is 6.19. The van der Waals surface area contributed by atoms with E-state index in [1.807, 2.05) is 12.4 Å². The molecule has 3 heterocycles. The minimum atomic E-state index is 0.647. The topological polar surface area (TPSA) is 35.6 Å². The van der Waals surface area contributed by atoms with E-state index in [2.05, 4.69) is 179 Å². The van der Waals surface area contributed by atoms with Gasteiger partial charge in [0, 0.05) is 45.2 Å². The van der Waals surface area contributed by atoms with Gasteiger partial charge in [-0.3, -0.25) is 4.57 Å². The molecule has 10 aromatic rings. The van der Waals surface area contributed by atoms with Crippen LogP contribution in [0.25, 0.3) is 88.6 Å². The minimum absolute atomic E-state index is 0.647. The van der Waals surface area contributed by atoms with Gasteiger partial charge in [-0.15, -0.1) is 0 Å². The van der Waals surface area contributed by atoms with Crippen molar-refractivity contribution in [3.8, 4) is 45.0 Å². The Balaban J connectivity index is 1.10. The van der Waals surface area contributed by atoms with E-state index in [4.69, 9.17) is 9.97 Å². The Kier molecular flexibility index (Phi) is 6.46. The van der Waals surface area contributed by atoms with Gasteiger partial charge in [-0.2, -0.15) is 0 Å². The van der Waals surface area contributed by atoms with Gasteiger partial charge in [0.05, 0.1) is 22.1 Å². The van der Waals surface area contributed by atoms with Crippen molar-refractivity contribution >= 4 is 43.6 Å². The van der Waals surface area contributed by atoms with Gasteiger partial charge < -0.3 is 4.57 Å². The summed E-state index contributed by atoms with van der Waals surface area (Å²) in [5.74, 6) is 0.647. The van der Waals surface area contributed by atoms with Crippen molar-refractivity contribution in [2.24, 2.45) is 0 Å². The molecule has 0 bridgehead atoms. The van der Waals surface area contributed by atoms with Crippen LogP contribution in [-0.4, -0.2) is 19.1 Å². The normalized spacial score (nSPS) is 11.6. The number of hydrogen-bond donors (Lipinski definition) is 0. The van der Waals surface area contributed by atoms with E-state index in [1.54, 1.807) is 0 Å². The summed E-state index contributed by atoms with van der Waals surface area (Å²) in [4.78, 5) is 10.0. The lowest BCUT2D eigenvalue weighted by atomic mass is 9.97. The van der Waals surface area contributed by atoms with Gasteiger partial charge in [0.25, 0.3) is 0 Å². The first-order valence-electron chi connectivity index (χ1n) is 16.9. The second-order valence-electron chi connectivity index (χ2n) is 12.7. The summed E-state index contributed by atoms with van der Waals surface area (Å²) in [6.07, 6.45) is 3.89. The van der Waals surface area contributed by atoms with E-state index < -0.39 is 0 Å². The van der Waals surface area contributed by atoms with Crippen LogP contribution in [0, 0.1) is 0 Å². The quantitative estimate of drug-likeness (QED) is 0.188. The van der Waals surface area contributed by atoms with E-state index >= 15 is 0 Å². The molecule has 0 aliphatic heterocycles. The zero-order valence-electron chi connectivity index (χ0n) is 27.1. The van der Waals surface area contributed by atoms with Gasteiger partial charge >= 0.3 is 0 Å². The molecule has 0 spiro atoms. The highest BCUT2D eigenvalue weighted by atomic mass is 15.1. The molecule has 0 radical (unpaired) electrons. The third-order valence-corrected chi connectivity index (χ3v) is 9.82. The molecule has 0 aliphatic carbocycles. The molecule has 10 rings (SSSR count). The van der Waals surface area contributed by atoms with Crippen LogP contribution in [0.15, 0.2) is 182 Å². The number of hydrogen-bond acceptors (Lipinski definition) is 2. The molecule has 0 unspecified atom stereocenters. The fraction of sp³-hybridized carbons (Fsp3) is 0. The van der Waals surface area contributed by atoms with Crippen molar-refractivity contribution in [3.05, 3.63) is 182 Å². The molecule has 50 heavy (non-hydrogen) atoms. The van der Waals surface area contributed by atoms with Gasteiger partial charge in [-0.05, 0) is 76.3 Å². The number of aromatic nitrogens is 4. The van der Waals surface area contributed by atoms with Crippen LogP contribution in [0.5, 0.6) is 0 Å². The van der Waals surface area contributed by atoms with Gasteiger partial charge in [0.2, 0.25) is 5.95 Å². The molecule has 7 aromatic carbocycles. The molecule has 234 valence electrons. The van der Waals surface area contributed by atoms with Crippen LogP contribution in [0.1, 0.15) is 0 Å². The minimum Gasteiger partial charge on any atom is -0.309 e. The fourth-order valence-electron chi connectivity index (χ4n) is 7.47. The van der Waals surface area contributed by atoms with Gasteiger partial charge in [-0.25, -0.2) is 9.97 Å². The van der Waals surface area contributed by atoms with Crippen molar-refractivity contribution < 1.29 is 0 Å². The molecule has 0 amide bonds. The maximum atomic E-state index is 5.00. The molecule has 0 N–H and O–H groups in total. The monoisotopic (exact) mass is 638 g/mol. The Bertz CT molecular complexity index is 2850. The molecule has 0 saturated heterocycles. The Hall–Kier alpha value is -6.78. The lowest BCUT2D eigenvalue weighted by molar-refractivity contribution is 0.990. The third-order valence-electron chi connectivity index (χ3n) is 9.82. The summed E-state index contributed by atoms with van der Waals surface area (Å²) in [6.45, 7) is 0. The first-order valence-corrected chi connectivity index (χ1v) is 16.9. The SMILES string of the molecule is c1ccc(-c2cccc(-c3cccc(-c4cnc(-n5c6ccccc6c6cc7c8ccccc8n(-c8ccccc8)c7cc65)nc4)c3)c2)cc1. The van der Waals surface area contributed by atoms with E-state index in [0.29, 0.717) is 5.95 Å². The zero-order valence-corrected chi connectivity index (χ0v) is 27.1. The Labute approximate surface area is 289 Å². The third kappa shape index (κ3) is 4.54. The Morgan fingerprint density at radius 1 is 0.300 bits per heavy atom. The number of nitrogens with zero attached hydrogens (tertiary/aromatic N) is 4. The molecule has 3 aromatic heterocycles. The van der Waals surface area contributed by atoms with Gasteiger partial charge in [-0.1, -0.05) is 121 Å². The fourth-order valence-corrected chi connectivity index (χ4v) is 7.47. The molecule has 0 fully saturated rings. The lowest BCUT2D eigenvalue weighted by Crippen LogP contribution is -2.01. The molecule has 0 atom stereocenters. The highest BCUT2D eigenvalue weighted by Crippen LogP contribution is 2.39. The van der Waals surface area contributed by atoms with Crippen molar-refractivity contribution in [2.75, 3.05) is 0 Å². The van der Waals surface area contributed by atoms with Crippen molar-refractivity contribution in [2.45, 2.75) is 0 Å². The molecular weight excluding hydrogens is 609 g/mol. The van der Waals surface area contributed by atoms with Crippen LogP contribution in [0.3, 0.4) is 0 Å². The van der Waals surface area contributed by atoms with Crippen molar-refractivity contribution in [1.29, 1.82) is 0 Å². The largest absolute Gasteiger partial charge is 0.309 e. The number of fused-ring (bicyclic) bond motifs is 6. The second-order valence-corrected chi connectivity index (χ2v) is 12.7. The van der Waals surface area contributed by atoms with E-state index in [0.717, 1.165) is 38.9 Å². The molecule has 0 saturated carbocycles. The van der Waals surface area contributed by atoms with E-state index in [-0.39, 0.29) is 0 Å². The molecular formula is C46H30N4. The summed E-state index contributed by atoms with van der Waals surface area (Å²) < 4.78 is 4.56. The van der Waals surface area contributed by atoms with E-state index in [1.165, 1.54) is 43.8 Å². The summed E-state index contributed by atoms with van der Waals surface area (Å²) in [5.41, 5.74) is 12.4. The average Bonchev–Trinajstić information content (AvgIpc) is 3.70. The standard InChI is InChI=1S/C46H30N4/c1-3-13-31(14-4-1)32-15-11-16-33(25-32)34-17-12-18-35(26-34)36-29-47-46(48-30-36)50-43-24-10-8-22-39(43)41-27-40-38-21-7-9-23-42(38)49(44(40)28-45(41)50)37-19-5-2-6-20-37/h1-30H. The number of benzene rings is 7. The predicted octanol–water partition coefficient (Wildman–Crippen LogP) is 11.7. The molecule has 0 aliphatic rings. The molecule has 4 nitrogen and oxygen atoms in total. The highest BCUT2D eigenvalue weighted by Gasteiger charge is 2.19. The van der Waals surface area contributed by atoms with Crippen LogP contribution >= 0.6 is 0 Å². The average molecular weight is 639 g/mol. The zero-order chi connectivity index (χ0) is 33.0. The first-order chi connectivity index (χ1) is 24.8. The van der Waals surface area contributed by atoms with E-state index in [9.17, 15) is 0 Å². The second kappa shape index (κ2) is 11.4. The van der Waals surface area contributed by atoms with Crippen LogP contribution in [0.4, 0.5) is 0 Å². The summed E-state index contributed by atoms with van der Waals surface area (Å²) >= 11 is 0. The number of para-hydroxylation sites is 3. The maximum Gasteiger partial charge on any atom is 0.234 e.